The second-order valence-corrected chi connectivity index (χ2v) is 8.38. The smallest absolute Gasteiger partial charge is 0.338 e. The molecule has 1 saturated heterocycles. The molecule has 3 rings (SSSR count). The average molecular weight is 408 g/mol. The number of aliphatic hydroxyl groups is 1. The monoisotopic (exact) mass is 408 g/mol. The molecule has 3 aliphatic rings. The van der Waals surface area contributed by atoms with Crippen molar-refractivity contribution in [3.05, 3.63) is 23.3 Å². The molecular weight excluding hydrogens is 380 g/mol. The van der Waals surface area contributed by atoms with Crippen molar-refractivity contribution in [1.29, 1.82) is 0 Å². The van der Waals surface area contributed by atoms with Gasteiger partial charge in [-0.25, -0.2) is 9.59 Å². The lowest BCUT2D eigenvalue weighted by atomic mass is 9.82. The van der Waals surface area contributed by atoms with Gasteiger partial charge in [0.2, 0.25) is 0 Å². The number of hydrogen-bond donors (Lipinski definition) is 1. The molecule has 2 fully saturated rings. The molecule has 1 saturated carbocycles. The average Bonchev–Trinajstić information content (AvgIpc) is 3.20. The van der Waals surface area contributed by atoms with Crippen LogP contribution in [-0.2, 0) is 33.3 Å². The lowest BCUT2D eigenvalue weighted by Gasteiger charge is -2.29. The molecular formula is C21H28O8. The fourth-order valence-electron chi connectivity index (χ4n) is 3.98. The molecule has 0 amide bonds. The molecule has 0 radical (unpaired) electrons. The third kappa shape index (κ3) is 4.38. The van der Waals surface area contributed by atoms with Gasteiger partial charge in [-0.3, -0.25) is 4.79 Å². The second-order valence-electron chi connectivity index (χ2n) is 8.38. The van der Waals surface area contributed by atoms with E-state index in [1.807, 2.05) is 13.8 Å². The fraction of sp³-hybridized carbons (Fsp3) is 0.667. The minimum absolute atomic E-state index is 0.157. The SMILES string of the molecule is C=C(C)C(=O)OC1CC(C)C(O)CCC2(C)OC2C2OC(=O)C(COC(C)=O)=C12. The Balaban J connectivity index is 2.04. The van der Waals surface area contributed by atoms with E-state index >= 15 is 0 Å². The maximum Gasteiger partial charge on any atom is 0.338 e. The van der Waals surface area contributed by atoms with Gasteiger partial charge in [0.05, 0.1) is 17.3 Å². The molecule has 8 nitrogen and oxygen atoms in total. The van der Waals surface area contributed by atoms with Gasteiger partial charge in [-0.2, -0.15) is 0 Å². The third-order valence-electron chi connectivity index (χ3n) is 5.89. The predicted octanol–water partition coefficient (Wildman–Crippen LogP) is 1.60. The molecule has 2 aliphatic heterocycles. The van der Waals surface area contributed by atoms with E-state index in [1.54, 1.807) is 0 Å². The minimum atomic E-state index is -0.836. The van der Waals surface area contributed by atoms with Gasteiger partial charge in [-0.05, 0) is 39.0 Å². The van der Waals surface area contributed by atoms with Crippen molar-refractivity contribution in [2.45, 2.75) is 77.0 Å². The number of esters is 3. The summed E-state index contributed by atoms with van der Waals surface area (Å²) < 4.78 is 22.2. The van der Waals surface area contributed by atoms with Crippen LogP contribution in [0.4, 0.5) is 0 Å². The van der Waals surface area contributed by atoms with Gasteiger partial charge in [-0.1, -0.05) is 13.5 Å². The normalized spacial score (nSPS) is 36.4. The molecule has 0 aromatic rings. The number of carbonyl (C=O) groups excluding carboxylic acids is 3. The standard InChI is InChI=1S/C21H28O8/c1-10(2)19(24)27-15-8-11(3)14(23)6-7-21(5)18(29-21)17-16(15)13(20(25)28-17)9-26-12(4)22/h11,14-15,17-18,23H,1,6-9H2,2-5H3. The van der Waals surface area contributed by atoms with E-state index in [-0.39, 0.29) is 30.1 Å². The Bertz CT molecular complexity index is 769. The summed E-state index contributed by atoms with van der Waals surface area (Å²) in [6, 6.07) is 0. The van der Waals surface area contributed by atoms with E-state index in [9.17, 15) is 19.5 Å². The summed E-state index contributed by atoms with van der Waals surface area (Å²) in [6.07, 6.45) is -1.18. The van der Waals surface area contributed by atoms with Crippen molar-refractivity contribution < 1.29 is 38.4 Å². The van der Waals surface area contributed by atoms with Crippen molar-refractivity contribution >= 4 is 17.9 Å². The van der Waals surface area contributed by atoms with Crippen LogP contribution >= 0.6 is 0 Å². The highest BCUT2D eigenvalue weighted by Crippen LogP contribution is 2.49. The predicted molar refractivity (Wildman–Crippen MR) is 101 cm³/mol. The highest BCUT2D eigenvalue weighted by Gasteiger charge is 2.62. The molecule has 1 N–H and O–H groups in total. The Kier molecular flexibility index (Phi) is 5.87. The molecule has 0 spiro atoms. The van der Waals surface area contributed by atoms with Crippen LogP contribution in [0.15, 0.2) is 23.3 Å². The Morgan fingerprint density at radius 1 is 1.34 bits per heavy atom. The quantitative estimate of drug-likeness (QED) is 0.323. The number of hydrogen-bond acceptors (Lipinski definition) is 8. The number of ether oxygens (including phenoxy) is 4. The van der Waals surface area contributed by atoms with Gasteiger partial charge in [0.25, 0.3) is 0 Å². The van der Waals surface area contributed by atoms with Gasteiger partial charge in [0, 0.05) is 18.1 Å². The van der Waals surface area contributed by atoms with Crippen molar-refractivity contribution in [3.8, 4) is 0 Å². The van der Waals surface area contributed by atoms with Crippen LogP contribution in [0.3, 0.4) is 0 Å². The largest absolute Gasteiger partial charge is 0.461 e. The van der Waals surface area contributed by atoms with Gasteiger partial charge < -0.3 is 24.1 Å². The van der Waals surface area contributed by atoms with Crippen molar-refractivity contribution in [1.82, 2.24) is 0 Å². The third-order valence-corrected chi connectivity index (χ3v) is 5.89. The molecule has 29 heavy (non-hydrogen) atoms. The second kappa shape index (κ2) is 7.91. The Hall–Kier alpha value is -2.19. The topological polar surface area (TPSA) is 112 Å². The molecule has 0 aromatic heterocycles. The maximum absolute atomic E-state index is 12.6. The zero-order valence-corrected chi connectivity index (χ0v) is 17.2. The maximum atomic E-state index is 12.6. The molecule has 1 aliphatic carbocycles. The number of aliphatic hydroxyl groups excluding tert-OH is 1. The summed E-state index contributed by atoms with van der Waals surface area (Å²) in [5.41, 5.74) is 0.269. The number of fused-ring (bicyclic) bond motifs is 3. The molecule has 0 bridgehead atoms. The summed E-state index contributed by atoms with van der Waals surface area (Å²) in [5, 5.41) is 10.5. The first kappa shape index (κ1) is 21.5. The zero-order chi connectivity index (χ0) is 21.5. The Morgan fingerprint density at radius 3 is 2.66 bits per heavy atom. The summed E-state index contributed by atoms with van der Waals surface area (Å²) >= 11 is 0. The van der Waals surface area contributed by atoms with Crippen LogP contribution in [0.5, 0.6) is 0 Å². The lowest BCUT2D eigenvalue weighted by Crippen LogP contribution is -2.37. The van der Waals surface area contributed by atoms with E-state index in [0.717, 1.165) is 0 Å². The molecule has 6 unspecified atom stereocenters. The van der Waals surface area contributed by atoms with E-state index in [1.165, 1.54) is 13.8 Å². The highest BCUT2D eigenvalue weighted by atomic mass is 16.6. The molecule has 2 heterocycles. The first-order valence-corrected chi connectivity index (χ1v) is 9.83. The van der Waals surface area contributed by atoms with Crippen LogP contribution in [0.2, 0.25) is 0 Å². The molecule has 6 atom stereocenters. The van der Waals surface area contributed by atoms with Crippen LogP contribution < -0.4 is 0 Å². The molecule has 8 heteroatoms. The fourth-order valence-corrected chi connectivity index (χ4v) is 3.98. The summed E-state index contributed by atoms with van der Waals surface area (Å²) in [5.74, 6) is -1.98. The zero-order valence-electron chi connectivity index (χ0n) is 17.2. The van der Waals surface area contributed by atoms with Crippen molar-refractivity contribution in [3.63, 3.8) is 0 Å². The Labute approximate surface area is 169 Å². The van der Waals surface area contributed by atoms with E-state index < -0.39 is 47.9 Å². The van der Waals surface area contributed by atoms with Crippen LogP contribution in [-0.4, -0.2) is 59.6 Å². The number of carbonyl (C=O) groups is 3. The van der Waals surface area contributed by atoms with Gasteiger partial charge in [0.15, 0.2) is 6.10 Å². The summed E-state index contributed by atoms with van der Waals surface area (Å²) in [4.78, 5) is 36.2. The van der Waals surface area contributed by atoms with Gasteiger partial charge >= 0.3 is 17.9 Å². The first-order chi connectivity index (χ1) is 13.5. The summed E-state index contributed by atoms with van der Waals surface area (Å²) in [7, 11) is 0. The number of rotatable bonds is 4. The molecule has 0 aromatic carbocycles. The Morgan fingerprint density at radius 2 is 2.03 bits per heavy atom. The first-order valence-electron chi connectivity index (χ1n) is 9.83. The van der Waals surface area contributed by atoms with Gasteiger partial charge in [0.1, 0.15) is 18.8 Å². The van der Waals surface area contributed by atoms with Crippen LogP contribution in [0.1, 0.15) is 47.0 Å². The lowest BCUT2D eigenvalue weighted by molar-refractivity contribution is -0.144. The van der Waals surface area contributed by atoms with E-state index in [0.29, 0.717) is 18.4 Å². The van der Waals surface area contributed by atoms with Crippen molar-refractivity contribution in [2.75, 3.05) is 6.61 Å². The minimum Gasteiger partial charge on any atom is -0.461 e. The molecule has 160 valence electrons. The highest BCUT2D eigenvalue weighted by molar-refractivity contribution is 5.94. The van der Waals surface area contributed by atoms with E-state index in [4.69, 9.17) is 18.9 Å². The van der Waals surface area contributed by atoms with Crippen LogP contribution in [0.25, 0.3) is 0 Å². The summed E-state index contributed by atoms with van der Waals surface area (Å²) in [6.45, 7) is 9.88. The van der Waals surface area contributed by atoms with Gasteiger partial charge in [-0.15, -0.1) is 0 Å². The van der Waals surface area contributed by atoms with Crippen molar-refractivity contribution in [2.24, 2.45) is 5.92 Å². The van der Waals surface area contributed by atoms with E-state index in [2.05, 4.69) is 6.58 Å². The number of epoxide rings is 1. The van der Waals surface area contributed by atoms with Crippen LogP contribution in [0, 0.1) is 5.92 Å².